The van der Waals surface area contributed by atoms with E-state index < -0.39 is 6.04 Å². The van der Waals surface area contributed by atoms with E-state index in [1.807, 2.05) is 0 Å². The molecule has 2 N–H and O–H groups in total. The average molecular weight is 254 g/mol. The fourth-order valence-electron chi connectivity index (χ4n) is 1.67. The van der Waals surface area contributed by atoms with Crippen LogP contribution >= 0.6 is 11.6 Å². The maximum Gasteiger partial charge on any atom is 0.270 e. The van der Waals surface area contributed by atoms with Gasteiger partial charge in [0, 0.05) is 17.8 Å². The molecule has 0 radical (unpaired) electrons. The zero-order valence-corrected chi connectivity index (χ0v) is 9.83. The Hall–Kier alpha value is -1.62. The summed E-state index contributed by atoms with van der Waals surface area (Å²) in [5, 5.41) is 5.78. The van der Waals surface area contributed by atoms with Gasteiger partial charge in [-0.15, -0.1) is 0 Å². The second-order valence-electron chi connectivity index (χ2n) is 3.82. The number of nitrogens with one attached hydrogen (secondary N) is 2. The summed E-state index contributed by atoms with van der Waals surface area (Å²) in [5.74, 6) is -0.527. The van der Waals surface area contributed by atoms with Crippen molar-refractivity contribution in [3.05, 3.63) is 29.0 Å². The van der Waals surface area contributed by atoms with Crippen LogP contribution in [0.2, 0.25) is 5.02 Å². The van der Waals surface area contributed by atoms with Crippen LogP contribution in [0.25, 0.3) is 0 Å². The molecule has 0 spiro atoms. The van der Waals surface area contributed by atoms with Crippen LogP contribution in [0.1, 0.15) is 23.3 Å². The molecule has 6 heteroatoms. The highest BCUT2D eigenvalue weighted by atomic mass is 35.5. The molecule has 1 aromatic rings. The normalized spacial score (nSPS) is 19.6. The van der Waals surface area contributed by atoms with Crippen LogP contribution in [0.15, 0.2) is 18.3 Å². The van der Waals surface area contributed by atoms with Gasteiger partial charge >= 0.3 is 0 Å². The van der Waals surface area contributed by atoms with Crippen LogP contribution < -0.4 is 10.6 Å². The van der Waals surface area contributed by atoms with Gasteiger partial charge in [0.1, 0.15) is 11.7 Å². The molecule has 1 aliphatic heterocycles. The highest BCUT2D eigenvalue weighted by Gasteiger charge is 2.24. The number of piperidine rings is 1. The first-order chi connectivity index (χ1) is 8.16. The van der Waals surface area contributed by atoms with E-state index in [9.17, 15) is 9.59 Å². The molecule has 90 valence electrons. The molecule has 0 bridgehead atoms. The van der Waals surface area contributed by atoms with Crippen molar-refractivity contribution in [2.75, 3.05) is 6.54 Å². The Labute approximate surface area is 104 Å². The first-order valence-electron chi connectivity index (χ1n) is 5.37. The predicted molar refractivity (Wildman–Crippen MR) is 62.7 cm³/mol. The minimum absolute atomic E-state index is 0.147. The van der Waals surface area contributed by atoms with Crippen molar-refractivity contribution < 1.29 is 9.59 Å². The van der Waals surface area contributed by atoms with E-state index in [-0.39, 0.29) is 17.5 Å². The maximum absolute atomic E-state index is 11.8. The summed E-state index contributed by atoms with van der Waals surface area (Å²) < 4.78 is 0. The summed E-state index contributed by atoms with van der Waals surface area (Å²) in [6.07, 6.45) is 2.97. The number of carbonyl (C=O) groups excluding carboxylic acids is 2. The lowest BCUT2D eigenvalue weighted by atomic mass is 10.1. The van der Waals surface area contributed by atoms with E-state index in [4.69, 9.17) is 11.6 Å². The van der Waals surface area contributed by atoms with Crippen LogP contribution in [0.5, 0.6) is 0 Å². The van der Waals surface area contributed by atoms with Gasteiger partial charge in [0.05, 0.1) is 0 Å². The van der Waals surface area contributed by atoms with E-state index in [1.165, 1.54) is 12.3 Å². The molecule has 1 aromatic heterocycles. The lowest BCUT2D eigenvalue weighted by Crippen LogP contribution is -2.50. The van der Waals surface area contributed by atoms with Crippen molar-refractivity contribution in [1.29, 1.82) is 0 Å². The number of aromatic nitrogens is 1. The second-order valence-corrected chi connectivity index (χ2v) is 4.26. The van der Waals surface area contributed by atoms with Crippen molar-refractivity contribution in [3.8, 4) is 0 Å². The monoisotopic (exact) mass is 253 g/mol. The van der Waals surface area contributed by atoms with Crippen LogP contribution in [-0.4, -0.2) is 29.4 Å². The molecule has 1 unspecified atom stereocenters. The Kier molecular flexibility index (Phi) is 3.58. The second kappa shape index (κ2) is 5.14. The molecule has 1 fully saturated rings. The van der Waals surface area contributed by atoms with Crippen molar-refractivity contribution >= 4 is 23.4 Å². The average Bonchev–Trinajstić information content (AvgIpc) is 2.32. The van der Waals surface area contributed by atoms with Crippen LogP contribution in [0.3, 0.4) is 0 Å². The van der Waals surface area contributed by atoms with Gasteiger partial charge in [-0.3, -0.25) is 14.6 Å². The molecule has 0 aromatic carbocycles. The molecule has 1 saturated heterocycles. The molecule has 17 heavy (non-hydrogen) atoms. The van der Waals surface area contributed by atoms with Crippen LogP contribution in [0.4, 0.5) is 0 Å². The van der Waals surface area contributed by atoms with Gasteiger partial charge < -0.3 is 10.6 Å². The number of pyridine rings is 1. The fraction of sp³-hybridized carbons (Fsp3) is 0.364. The zero-order valence-electron chi connectivity index (χ0n) is 9.07. The summed E-state index contributed by atoms with van der Waals surface area (Å²) in [6.45, 7) is 0.667. The summed E-state index contributed by atoms with van der Waals surface area (Å²) in [6, 6.07) is 2.58. The molecule has 0 aliphatic carbocycles. The Morgan fingerprint density at radius 3 is 3.12 bits per heavy atom. The number of halogens is 1. The highest BCUT2D eigenvalue weighted by Crippen LogP contribution is 2.09. The molecule has 2 heterocycles. The topological polar surface area (TPSA) is 71.1 Å². The molecule has 1 aliphatic rings. The lowest BCUT2D eigenvalue weighted by molar-refractivity contribution is -0.124. The number of hydrogen-bond donors (Lipinski definition) is 2. The van der Waals surface area contributed by atoms with Gasteiger partial charge in [-0.25, -0.2) is 0 Å². The number of carbonyl (C=O) groups is 2. The summed E-state index contributed by atoms with van der Waals surface area (Å²) in [4.78, 5) is 27.2. The predicted octanol–water partition coefficient (Wildman–Crippen LogP) is 0.743. The Morgan fingerprint density at radius 2 is 2.41 bits per heavy atom. The minimum atomic E-state index is -0.475. The largest absolute Gasteiger partial charge is 0.354 e. The Bertz CT molecular complexity index is 450. The first-order valence-corrected chi connectivity index (χ1v) is 5.75. The molecule has 0 saturated carbocycles. The maximum atomic E-state index is 11.8. The third-order valence-electron chi connectivity index (χ3n) is 2.55. The molecule has 1 atom stereocenters. The molecular formula is C11H12ClN3O2. The summed E-state index contributed by atoms with van der Waals surface area (Å²) in [7, 11) is 0. The molecule has 5 nitrogen and oxygen atoms in total. The van der Waals surface area contributed by atoms with Crippen molar-refractivity contribution in [1.82, 2.24) is 15.6 Å². The third-order valence-corrected chi connectivity index (χ3v) is 2.78. The van der Waals surface area contributed by atoms with Gasteiger partial charge in [-0.2, -0.15) is 0 Å². The Morgan fingerprint density at radius 1 is 1.59 bits per heavy atom. The fourth-order valence-corrected chi connectivity index (χ4v) is 1.83. The van der Waals surface area contributed by atoms with Gasteiger partial charge in [0.2, 0.25) is 5.91 Å². The van der Waals surface area contributed by atoms with Crippen molar-refractivity contribution in [2.45, 2.75) is 18.9 Å². The smallest absolute Gasteiger partial charge is 0.270 e. The minimum Gasteiger partial charge on any atom is -0.354 e. The van der Waals surface area contributed by atoms with Gasteiger partial charge in [-0.05, 0) is 25.0 Å². The number of rotatable bonds is 2. The number of nitrogens with zero attached hydrogens (tertiary/aromatic N) is 1. The van der Waals surface area contributed by atoms with E-state index in [0.717, 1.165) is 6.42 Å². The van der Waals surface area contributed by atoms with E-state index in [1.54, 1.807) is 6.07 Å². The number of hydrogen-bond acceptors (Lipinski definition) is 3. The van der Waals surface area contributed by atoms with Crippen LogP contribution in [-0.2, 0) is 4.79 Å². The van der Waals surface area contributed by atoms with Gasteiger partial charge in [-0.1, -0.05) is 11.6 Å². The highest BCUT2D eigenvalue weighted by molar-refractivity contribution is 6.30. The zero-order chi connectivity index (χ0) is 12.3. The molecule has 2 amide bonds. The van der Waals surface area contributed by atoms with E-state index >= 15 is 0 Å². The van der Waals surface area contributed by atoms with Gasteiger partial charge in [0.25, 0.3) is 5.91 Å². The van der Waals surface area contributed by atoms with E-state index in [0.29, 0.717) is 18.0 Å². The SMILES string of the molecule is O=C(NC1CCCNC1=O)c1cc(Cl)ccn1. The lowest BCUT2D eigenvalue weighted by Gasteiger charge is -2.22. The van der Waals surface area contributed by atoms with Crippen molar-refractivity contribution in [3.63, 3.8) is 0 Å². The first kappa shape index (κ1) is 11.9. The standard InChI is InChI=1S/C11H12ClN3O2/c12-7-3-5-13-9(6-7)11(17)15-8-2-1-4-14-10(8)16/h3,5-6,8H,1-2,4H2,(H,14,16)(H,15,17). The number of amides is 2. The van der Waals surface area contributed by atoms with Gasteiger partial charge in [0.15, 0.2) is 0 Å². The molecular weight excluding hydrogens is 242 g/mol. The van der Waals surface area contributed by atoms with Crippen LogP contribution in [0, 0.1) is 0 Å². The molecule has 2 rings (SSSR count). The van der Waals surface area contributed by atoms with E-state index in [2.05, 4.69) is 15.6 Å². The van der Waals surface area contributed by atoms with Crippen molar-refractivity contribution in [2.24, 2.45) is 0 Å². The summed E-state index contributed by atoms with van der Waals surface area (Å²) in [5.41, 5.74) is 0.218. The Balaban J connectivity index is 2.03. The third kappa shape index (κ3) is 2.94. The quantitative estimate of drug-likeness (QED) is 0.817. The summed E-state index contributed by atoms with van der Waals surface area (Å²) >= 11 is 5.76.